The van der Waals surface area contributed by atoms with Crippen molar-refractivity contribution in [3.63, 3.8) is 0 Å². The van der Waals surface area contributed by atoms with Gasteiger partial charge < -0.3 is 14.4 Å². The molecule has 0 aromatic heterocycles. The smallest absolute Gasteiger partial charge is 0.275 e. The van der Waals surface area contributed by atoms with Gasteiger partial charge in [-0.3, -0.25) is 4.79 Å². The summed E-state index contributed by atoms with van der Waals surface area (Å²) >= 11 is 1.77. The van der Waals surface area contributed by atoms with Crippen molar-refractivity contribution < 1.29 is 27.4 Å². The first-order valence-electron chi connectivity index (χ1n) is 12.6. The lowest BCUT2D eigenvalue weighted by Crippen LogP contribution is -2.38. The van der Waals surface area contributed by atoms with E-state index in [4.69, 9.17) is 9.47 Å². The number of amides is 1. The molecule has 4 nitrogen and oxygen atoms in total. The minimum absolute atomic E-state index is 0.0203. The number of allylic oxidation sites excluding steroid dienone is 4. The number of hydrogen-bond acceptors (Lipinski definition) is 4. The van der Waals surface area contributed by atoms with Gasteiger partial charge in [0.1, 0.15) is 11.6 Å². The molecule has 1 atom stereocenters. The Bertz CT molecular complexity index is 1080. The van der Waals surface area contributed by atoms with E-state index in [1.54, 1.807) is 41.8 Å². The molecule has 2 aromatic carbocycles. The van der Waals surface area contributed by atoms with Gasteiger partial charge in [-0.05, 0) is 56.2 Å². The number of nitrogens with zero attached hydrogens (tertiary/aromatic N) is 1. The normalized spacial score (nSPS) is 18.6. The summed E-state index contributed by atoms with van der Waals surface area (Å²) in [7, 11) is 0. The van der Waals surface area contributed by atoms with Crippen LogP contribution in [0, 0.1) is 11.6 Å². The Morgan fingerprint density at radius 2 is 1.68 bits per heavy atom. The molecule has 0 radical (unpaired) electrons. The Labute approximate surface area is 222 Å². The number of halogens is 3. The van der Waals surface area contributed by atoms with Crippen LogP contribution in [0.25, 0.3) is 0 Å². The summed E-state index contributed by atoms with van der Waals surface area (Å²) in [6.45, 7) is 10.6. The second-order valence-electron chi connectivity index (χ2n) is 8.15. The van der Waals surface area contributed by atoms with Crippen LogP contribution in [-0.2, 0) is 5.79 Å². The molecule has 2 aliphatic heterocycles. The minimum Gasteiger partial charge on any atom is -0.445 e. The predicted molar refractivity (Wildman–Crippen MR) is 145 cm³/mol. The van der Waals surface area contributed by atoms with Crippen molar-refractivity contribution in [1.29, 1.82) is 0 Å². The molecule has 1 saturated heterocycles. The van der Waals surface area contributed by atoms with Crippen LogP contribution in [0.15, 0.2) is 60.5 Å². The second-order valence-corrected chi connectivity index (χ2v) is 9.37. The maximum atomic E-state index is 14.5. The molecule has 202 valence electrons. The topological polar surface area (TPSA) is 38.8 Å². The summed E-state index contributed by atoms with van der Waals surface area (Å²) in [5.41, 5.74) is 0.569. The van der Waals surface area contributed by atoms with Gasteiger partial charge in [0.25, 0.3) is 11.7 Å². The Balaban J connectivity index is 0.000000374. The van der Waals surface area contributed by atoms with E-state index < -0.39 is 11.6 Å². The summed E-state index contributed by atoms with van der Waals surface area (Å²) in [6, 6.07) is 8.28. The van der Waals surface area contributed by atoms with Gasteiger partial charge in [0, 0.05) is 43.1 Å². The van der Waals surface area contributed by atoms with Crippen LogP contribution >= 0.6 is 11.8 Å². The Morgan fingerprint density at radius 1 is 1.08 bits per heavy atom. The van der Waals surface area contributed by atoms with Crippen molar-refractivity contribution >= 4 is 17.7 Å². The third-order valence-electron chi connectivity index (χ3n) is 5.59. The Hall–Kier alpha value is -2.87. The molecule has 8 heteroatoms. The molecule has 1 fully saturated rings. The van der Waals surface area contributed by atoms with Gasteiger partial charge in [-0.25, -0.2) is 13.2 Å². The number of hydrogen-bond donors (Lipinski definition) is 0. The number of benzene rings is 2. The van der Waals surface area contributed by atoms with Gasteiger partial charge in [-0.2, -0.15) is 11.8 Å². The zero-order valence-corrected chi connectivity index (χ0v) is 23.0. The number of carbonyl (C=O) groups excluding carboxylic acids is 1. The van der Waals surface area contributed by atoms with Crippen LogP contribution in [0.2, 0.25) is 0 Å². The Morgan fingerprint density at radius 3 is 2.24 bits per heavy atom. The lowest BCUT2D eigenvalue weighted by atomic mass is 10.1. The second kappa shape index (κ2) is 14.8. The zero-order valence-electron chi connectivity index (χ0n) is 22.2. The molecule has 1 unspecified atom stereocenters. The van der Waals surface area contributed by atoms with Gasteiger partial charge in [0.15, 0.2) is 11.5 Å². The van der Waals surface area contributed by atoms with E-state index in [0.717, 1.165) is 17.9 Å². The molecular formula is C29H36F3NO3S. The first-order chi connectivity index (χ1) is 17.8. The van der Waals surface area contributed by atoms with Crippen molar-refractivity contribution in [3.8, 4) is 11.5 Å². The first kappa shape index (κ1) is 30.4. The third kappa shape index (κ3) is 8.32. The molecule has 1 amide bonds. The molecule has 0 aliphatic carbocycles. The lowest BCUT2D eigenvalue weighted by Gasteiger charge is -2.26. The summed E-state index contributed by atoms with van der Waals surface area (Å²) in [4.78, 5) is 14.3. The maximum absolute atomic E-state index is 14.5. The molecule has 0 spiro atoms. The maximum Gasteiger partial charge on any atom is 0.275 e. The molecule has 2 heterocycles. The van der Waals surface area contributed by atoms with Crippen LogP contribution in [-0.4, -0.2) is 35.4 Å². The highest BCUT2D eigenvalue weighted by Crippen LogP contribution is 2.45. The van der Waals surface area contributed by atoms with Crippen LogP contribution in [0.4, 0.5) is 13.2 Å². The molecule has 2 aliphatic rings. The number of thioether (sulfide) groups is 1. The Kier molecular flexibility index (Phi) is 12.1. The SMILES string of the molecule is C/C=C\C/C=C(/F)CC.CC.CC1(c2ccc(F)cc2)Oc2cc(F)c(C(=O)N3CCSCC3)cc2O1. The highest BCUT2D eigenvalue weighted by Gasteiger charge is 2.40. The standard InChI is InChI=1S/C19H17F2NO3S.C8H13F.C2H6/c1-19(12-2-4-13(20)5-3-12)24-16-10-14(15(21)11-17(16)25-19)18(23)22-6-8-26-9-7-22;1-3-5-6-7-8(9)4-2;1-2/h2-5,10-11H,6-9H2,1H3;3,5,7H,4,6H2,1-2H3;1-2H3/b;5-3-,8-7+;. The zero-order chi connectivity index (χ0) is 27.4. The van der Waals surface area contributed by atoms with E-state index in [2.05, 4.69) is 0 Å². The fraction of sp³-hybridized carbons (Fsp3) is 0.414. The monoisotopic (exact) mass is 535 g/mol. The summed E-state index contributed by atoms with van der Waals surface area (Å²) in [6.07, 6.45) is 6.67. The van der Waals surface area contributed by atoms with E-state index in [1.165, 1.54) is 24.3 Å². The summed E-state index contributed by atoms with van der Waals surface area (Å²) < 4.78 is 51.6. The van der Waals surface area contributed by atoms with E-state index in [1.807, 2.05) is 39.8 Å². The molecular weight excluding hydrogens is 499 g/mol. The molecule has 2 aromatic rings. The largest absolute Gasteiger partial charge is 0.445 e. The van der Waals surface area contributed by atoms with Gasteiger partial charge in [0.05, 0.1) is 11.4 Å². The molecule has 0 N–H and O–H groups in total. The van der Waals surface area contributed by atoms with Crippen LogP contribution in [0.1, 0.15) is 63.4 Å². The molecule has 4 rings (SSSR count). The fourth-order valence-corrected chi connectivity index (χ4v) is 4.49. The van der Waals surface area contributed by atoms with Crippen LogP contribution in [0.3, 0.4) is 0 Å². The van der Waals surface area contributed by atoms with Crippen LogP contribution < -0.4 is 9.47 Å². The van der Waals surface area contributed by atoms with Gasteiger partial charge in [-0.15, -0.1) is 0 Å². The molecule has 0 bridgehead atoms. The number of fused-ring (bicyclic) bond motifs is 1. The van der Waals surface area contributed by atoms with Crippen molar-refractivity contribution in [2.75, 3.05) is 24.6 Å². The highest BCUT2D eigenvalue weighted by atomic mass is 32.2. The summed E-state index contributed by atoms with van der Waals surface area (Å²) in [5.74, 6) is -0.358. The quantitative estimate of drug-likeness (QED) is 0.363. The molecule has 0 saturated carbocycles. The fourth-order valence-electron chi connectivity index (χ4n) is 3.58. The summed E-state index contributed by atoms with van der Waals surface area (Å²) in [5, 5.41) is 0. The number of rotatable bonds is 5. The van der Waals surface area contributed by atoms with Crippen molar-refractivity contribution in [1.82, 2.24) is 4.90 Å². The minimum atomic E-state index is -1.20. The van der Waals surface area contributed by atoms with Gasteiger partial charge in [0.2, 0.25) is 0 Å². The van der Waals surface area contributed by atoms with Crippen molar-refractivity contribution in [2.45, 2.75) is 53.2 Å². The number of carbonyl (C=O) groups is 1. The van der Waals surface area contributed by atoms with E-state index in [0.29, 0.717) is 30.8 Å². The average molecular weight is 536 g/mol. The molecule has 37 heavy (non-hydrogen) atoms. The van der Waals surface area contributed by atoms with Gasteiger partial charge >= 0.3 is 0 Å². The van der Waals surface area contributed by atoms with E-state index in [-0.39, 0.29) is 28.9 Å². The average Bonchev–Trinajstić information content (AvgIpc) is 3.26. The van der Waals surface area contributed by atoms with E-state index in [9.17, 15) is 18.0 Å². The van der Waals surface area contributed by atoms with Gasteiger partial charge in [-0.1, -0.05) is 32.9 Å². The lowest BCUT2D eigenvalue weighted by molar-refractivity contribution is -0.0681. The predicted octanol–water partition coefficient (Wildman–Crippen LogP) is 8.04. The van der Waals surface area contributed by atoms with Crippen molar-refractivity contribution in [3.05, 3.63) is 83.2 Å². The van der Waals surface area contributed by atoms with E-state index >= 15 is 0 Å². The first-order valence-corrected chi connectivity index (χ1v) is 13.7. The highest BCUT2D eigenvalue weighted by molar-refractivity contribution is 7.99. The third-order valence-corrected chi connectivity index (χ3v) is 6.53. The number of ether oxygens (including phenoxy) is 2. The van der Waals surface area contributed by atoms with Crippen molar-refractivity contribution in [2.24, 2.45) is 0 Å². The van der Waals surface area contributed by atoms with Crippen LogP contribution in [0.5, 0.6) is 11.5 Å².